The monoisotopic (exact) mass is 831 g/mol. The standard InChI is InChI=1S/C50H61N3O8/c1-36-21-26-59-25-13-12-24-52(47(56)60-34-37-15-8-6-9-16-37)43-29-39(33-58-5)28-40(30-43)46(55)51-44(27-36)45(54)32-53(48(57)61-35-38-17-10-7-11-18-38)50(22-23-50)42-20-14-19-41(31-42)49(2,3)4/h6-20,28-31,36,44-45,54H,21-27,32-35H2,1-5H3,(H,51,55)/t36-,44+,45-/m1/s1. The van der Waals surface area contributed by atoms with Gasteiger partial charge in [-0.2, -0.15) is 0 Å². The quantitative estimate of drug-likeness (QED) is 0.144. The van der Waals surface area contributed by atoms with Gasteiger partial charge in [-0.3, -0.25) is 14.6 Å². The van der Waals surface area contributed by atoms with Gasteiger partial charge in [0.1, 0.15) is 13.2 Å². The molecule has 4 aromatic carbocycles. The molecule has 1 fully saturated rings. The number of fused-ring (bicyclic) bond motifs is 2. The molecule has 1 aliphatic heterocycles. The third-order valence-electron chi connectivity index (χ3n) is 11.5. The molecular weight excluding hydrogens is 771 g/mol. The summed E-state index contributed by atoms with van der Waals surface area (Å²) >= 11 is 0. The highest BCUT2D eigenvalue weighted by Crippen LogP contribution is 2.52. The predicted octanol–water partition coefficient (Wildman–Crippen LogP) is 9.06. The van der Waals surface area contributed by atoms with Crippen molar-refractivity contribution in [2.45, 2.75) is 96.3 Å². The Hall–Kier alpha value is -5.49. The molecular formula is C50H61N3O8. The number of hydrogen-bond donors (Lipinski definition) is 2. The molecule has 1 saturated carbocycles. The average molecular weight is 832 g/mol. The van der Waals surface area contributed by atoms with E-state index in [0.717, 1.165) is 22.3 Å². The van der Waals surface area contributed by atoms with Crippen LogP contribution in [0.1, 0.15) is 91.6 Å². The van der Waals surface area contributed by atoms with Gasteiger partial charge in [0.25, 0.3) is 5.91 Å². The van der Waals surface area contributed by atoms with Crippen LogP contribution in [0.15, 0.2) is 115 Å². The highest BCUT2D eigenvalue weighted by Gasteiger charge is 2.53. The number of anilines is 1. The van der Waals surface area contributed by atoms with Crippen molar-refractivity contribution in [1.82, 2.24) is 10.2 Å². The summed E-state index contributed by atoms with van der Waals surface area (Å²) < 4.78 is 23.2. The van der Waals surface area contributed by atoms with Crippen LogP contribution < -0.4 is 10.2 Å². The van der Waals surface area contributed by atoms with Crippen molar-refractivity contribution in [3.8, 4) is 0 Å². The Kier molecular flexibility index (Phi) is 15.4. The van der Waals surface area contributed by atoms with Gasteiger partial charge in [0.2, 0.25) is 0 Å². The summed E-state index contributed by atoms with van der Waals surface area (Å²) in [4.78, 5) is 45.6. The van der Waals surface area contributed by atoms with Crippen molar-refractivity contribution < 1.29 is 38.4 Å². The van der Waals surface area contributed by atoms with E-state index in [1.54, 1.807) is 30.2 Å². The number of amides is 3. The number of carbonyl (C=O) groups excluding carboxylic acids is 3. The van der Waals surface area contributed by atoms with Gasteiger partial charge in [0.05, 0.1) is 37.4 Å². The fraction of sp³-hybridized carbons (Fsp3) is 0.420. The highest BCUT2D eigenvalue weighted by atomic mass is 16.6. The molecule has 2 bridgehead atoms. The lowest BCUT2D eigenvalue weighted by molar-refractivity contribution is 0.0279. The second-order valence-corrected chi connectivity index (χ2v) is 17.3. The summed E-state index contributed by atoms with van der Waals surface area (Å²) in [6.45, 7) is 9.77. The average Bonchev–Trinajstić information content (AvgIpc) is 4.06. The molecule has 0 saturated heterocycles. The van der Waals surface area contributed by atoms with Crippen LogP contribution in [0.5, 0.6) is 0 Å². The van der Waals surface area contributed by atoms with Gasteiger partial charge in [0.15, 0.2) is 0 Å². The molecule has 61 heavy (non-hydrogen) atoms. The summed E-state index contributed by atoms with van der Waals surface area (Å²) in [6.07, 6.45) is 3.90. The van der Waals surface area contributed by atoms with Crippen LogP contribution in [0.25, 0.3) is 0 Å². The molecule has 3 atom stereocenters. The first-order chi connectivity index (χ1) is 29.4. The lowest BCUT2D eigenvalue weighted by Gasteiger charge is -2.36. The molecule has 11 nitrogen and oxygen atoms in total. The van der Waals surface area contributed by atoms with E-state index in [1.807, 2.05) is 84.9 Å². The number of aliphatic hydroxyl groups excluding tert-OH is 1. The van der Waals surface area contributed by atoms with E-state index in [2.05, 4.69) is 45.1 Å². The molecule has 1 aliphatic carbocycles. The van der Waals surface area contributed by atoms with Crippen LogP contribution >= 0.6 is 0 Å². The fourth-order valence-electron chi connectivity index (χ4n) is 7.74. The molecule has 0 unspecified atom stereocenters. The Balaban J connectivity index is 1.31. The van der Waals surface area contributed by atoms with Crippen molar-refractivity contribution in [2.75, 3.05) is 38.3 Å². The van der Waals surface area contributed by atoms with Crippen molar-refractivity contribution in [2.24, 2.45) is 5.92 Å². The predicted molar refractivity (Wildman–Crippen MR) is 236 cm³/mol. The largest absolute Gasteiger partial charge is 0.445 e. The van der Waals surface area contributed by atoms with Gasteiger partial charge in [-0.1, -0.05) is 125 Å². The molecule has 4 aromatic rings. The summed E-state index contributed by atoms with van der Waals surface area (Å²) in [5.41, 5.74) is 4.42. The number of carbonyl (C=O) groups is 3. The van der Waals surface area contributed by atoms with Crippen molar-refractivity contribution in [1.29, 1.82) is 0 Å². The number of nitrogens with zero attached hydrogens (tertiary/aromatic N) is 2. The topological polar surface area (TPSA) is 127 Å². The summed E-state index contributed by atoms with van der Waals surface area (Å²) in [5.74, 6) is -0.400. The maximum Gasteiger partial charge on any atom is 0.414 e. The minimum atomic E-state index is -1.17. The molecule has 6 rings (SSSR count). The van der Waals surface area contributed by atoms with Gasteiger partial charge in [-0.25, -0.2) is 9.59 Å². The Labute approximate surface area is 360 Å². The lowest BCUT2D eigenvalue weighted by atomic mass is 9.85. The van der Waals surface area contributed by atoms with E-state index >= 15 is 0 Å². The van der Waals surface area contributed by atoms with Crippen LogP contribution in [-0.4, -0.2) is 73.7 Å². The molecule has 11 heteroatoms. The third kappa shape index (κ3) is 12.3. The SMILES string of the molecule is COCc1cc2cc(c1)N(C(=O)OCc1ccccc1)CC=CCOCC[C@@H](C)C[C@@H]([C@H](O)CN(C(=O)OCc1ccccc1)C1(c3cccc(C(C)(C)C)c3)CC1)NC2=O. The fourth-order valence-corrected chi connectivity index (χ4v) is 7.74. The van der Waals surface area contributed by atoms with E-state index in [1.165, 1.54) is 4.90 Å². The van der Waals surface area contributed by atoms with Gasteiger partial charge in [0, 0.05) is 31.5 Å². The molecule has 324 valence electrons. The van der Waals surface area contributed by atoms with Crippen molar-refractivity contribution in [3.05, 3.63) is 149 Å². The summed E-state index contributed by atoms with van der Waals surface area (Å²) in [5, 5.41) is 15.5. The van der Waals surface area contributed by atoms with Crippen LogP contribution in [0.2, 0.25) is 0 Å². The molecule has 2 aliphatic rings. The molecule has 0 aromatic heterocycles. The number of ether oxygens (including phenoxy) is 4. The van der Waals surface area contributed by atoms with Gasteiger partial charge < -0.3 is 29.4 Å². The Morgan fingerprint density at radius 3 is 2.23 bits per heavy atom. The zero-order valence-corrected chi connectivity index (χ0v) is 36.2. The van der Waals surface area contributed by atoms with E-state index in [4.69, 9.17) is 18.9 Å². The Morgan fingerprint density at radius 1 is 0.885 bits per heavy atom. The van der Waals surface area contributed by atoms with E-state index in [0.29, 0.717) is 50.1 Å². The van der Waals surface area contributed by atoms with Gasteiger partial charge >= 0.3 is 12.2 Å². The Morgan fingerprint density at radius 2 is 1.57 bits per heavy atom. The van der Waals surface area contributed by atoms with E-state index in [9.17, 15) is 19.5 Å². The molecule has 0 radical (unpaired) electrons. The summed E-state index contributed by atoms with van der Waals surface area (Å²) in [7, 11) is 1.57. The number of methoxy groups -OCH3 is 1. The van der Waals surface area contributed by atoms with Crippen molar-refractivity contribution in [3.63, 3.8) is 0 Å². The summed E-state index contributed by atoms with van der Waals surface area (Å²) in [6, 6.07) is 31.7. The highest BCUT2D eigenvalue weighted by molar-refractivity contribution is 5.97. The van der Waals surface area contributed by atoms with Crippen LogP contribution in [0.4, 0.5) is 15.3 Å². The van der Waals surface area contributed by atoms with Crippen molar-refractivity contribution >= 4 is 23.8 Å². The third-order valence-corrected chi connectivity index (χ3v) is 11.5. The molecule has 3 amide bonds. The molecule has 0 spiro atoms. The van der Waals surface area contributed by atoms with E-state index < -0.39 is 35.8 Å². The second kappa shape index (κ2) is 20.9. The number of benzene rings is 4. The van der Waals surface area contributed by atoms with Crippen LogP contribution in [0.3, 0.4) is 0 Å². The zero-order chi connectivity index (χ0) is 43.4. The first-order valence-corrected chi connectivity index (χ1v) is 21.3. The van der Waals surface area contributed by atoms with E-state index in [-0.39, 0.29) is 49.8 Å². The molecule has 2 N–H and O–H groups in total. The smallest absolute Gasteiger partial charge is 0.414 e. The van der Waals surface area contributed by atoms with Crippen LogP contribution in [-0.2, 0) is 49.7 Å². The first-order valence-electron chi connectivity index (χ1n) is 21.3. The minimum absolute atomic E-state index is 0.0407. The lowest BCUT2D eigenvalue weighted by Crippen LogP contribution is -2.52. The van der Waals surface area contributed by atoms with Gasteiger partial charge in [-0.05, 0) is 83.0 Å². The Bertz CT molecular complexity index is 2100. The maximum absolute atomic E-state index is 14.4. The number of rotatable bonds is 11. The maximum atomic E-state index is 14.4. The van der Waals surface area contributed by atoms with Crippen LogP contribution in [0, 0.1) is 5.92 Å². The normalized spacial score (nSPS) is 18.7. The minimum Gasteiger partial charge on any atom is -0.445 e. The number of hydrogen-bond acceptors (Lipinski definition) is 8. The second-order valence-electron chi connectivity index (χ2n) is 17.3. The number of nitrogens with one attached hydrogen (secondary N) is 1. The molecule has 1 heterocycles. The zero-order valence-electron chi connectivity index (χ0n) is 36.2. The van der Waals surface area contributed by atoms with Gasteiger partial charge in [-0.15, -0.1) is 0 Å². The number of aliphatic hydroxyl groups is 1. The first kappa shape index (κ1) is 45.0.